The zero-order valence-electron chi connectivity index (χ0n) is 19.5. The minimum atomic E-state index is -0.760. The molecule has 1 saturated carbocycles. The van der Waals surface area contributed by atoms with E-state index < -0.39 is 35.0 Å². The number of nitrogens with zero attached hydrogens (tertiary/aromatic N) is 3. The largest absolute Gasteiger partial charge is 0.444 e. The lowest BCUT2D eigenvalue weighted by molar-refractivity contribution is 0.0493. The molecule has 1 heterocycles. The predicted octanol–water partition coefficient (Wildman–Crippen LogP) is 3.47. The summed E-state index contributed by atoms with van der Waals surface area (Å²) in [6.07, 6.45) is 0.842. The Labute approximate surface area is 200 Å². The lowest BCUT2D eigenvalue weighted by Gasteiger charge is -2.25. The predicted molar refractivity (Wildman–Crippen MR) is 125 cm³/mol. The first-order valence-corrected chi connectivity index (χ1v) is 11.0. The van der Waals surface area contributed by atoms with E-state index in [-0.39, 0.29) is 39.5 Å². The van der Waals surface area contributed by atoms with Gasteiger partial charge in [-0.15, -0.1) is 0 Å². The molecule has 0 radical (unpaired) electrons. The molecule has 1 aliphatic rings. The van der Waals surface area contributed by atoms with Crippen LogP contribution in [-0.2, 0) is 4.74 Å². The molecule has 1 aliphatic carbocycles. The number of nitrogens with two attached hydrogens (primary N) is 1. The summed E-state index contributed by atoms with van der Waals surface area (Å²) in [6, 6.07) is 9.20. The Kier molecular flexibility index (Phi) is 6.03. The number of amides is 2. The monoisotopic (exact) mass is 477 g/mol. The quantitative estimate of drug-likeness (QED) is 0.577. The molecule has 180 valence electrons. The fourth-order valence-electron chi connectivity index (χ4n) is 3.87. The molecule has 10 heteroatoms. The number of hydrogen-bond donors (Lipinski definition) is 2. The molecule has 0 saturated heterocycles. The number of rotatable bonds is 5. The van der Waals surface area contributed by atoms with Crippen molar-refractivity contribution in [2.24, 2.45) is 11.7 Å². The number of primary amides is 1. The van der Waals surface area contributed by atoms with E-state index in [1.165, 1.54) is 16.7 Å². The number of aromatic nitrogens is 2. The minimum absolute atomic E-state index is 0.0212. The smallest absolute Gasteiger partial charge is 0.408 e. The Bertz CT molecular complexity index is 1450. The molecular formula is C25H24FN5O4. The van der Waals surface area contributed by atoms with Gasteiger partial charge in [-0.3, -0.25) is 14.2 Å². The summed E-state index contributed by atoms with van der Waals surface area (Å²) in [5.41, 5.74) is 4.34. The third-order valence-electron chi connectivity index (χ3n) is 5.52. The van der Waals surface area contributed by atoms with Gasteiger partial charge in [0.15, 0.2) is 0 Å². The Morgan fingerprint density at radius 3 is 2.60 bits per heavy atom. The molecule has 1 aromatic heterocycles. The van der Waals surface area contributed by atoms with Crippen LogP contribution in [0.5, 0.6) is 0 Å². The zero-order chi connectivity index (χ0) is 25.5. The van der Waals surface area contributed by atoms with Gasteiger partial charge < -0.3 is 15.8 Å². The first kappa shape index (κ1) is 23.9. The fourth-order valence-corrected chi connectivity index (χ4v) is 3.87. The van der Waals surface area contributed by atoms with Crippen molar-refractivity contribution >= 4 is 22.9 Å². The van der Waals surface area contributed by atoms with Crippen molar-refractivity contribution in [1.82, 2.24) is 14.9 Å². The number of carbonyl (C=O) groups excluding carboxylic acids is 2. The Morgan fingerprint density at radius 2 is 2.00 bits per heavy atom. The summed E-state index contributed by atoms with van der Waals surface area (Å²) in [6.45, 7) is 5.18. The van der Waals surface area contributed by atoms with E-state index in [4.69, 9.17) is 10.5 Å². The summed E-state index contributed by atoms with van der Waals surface area (Å²) in [5.74, 6) is -1.36. The highest BCUT2D eigenvalue weighted by Crippen LogP contribution is 2.41. The number of carbonyl (C=O) groups is 2. The van der Waals surface area contributed by atoms with Gasteiger partial charge >= 0.3 is 6.09 Å². The van der Waals surface area contributed by atoms with Crippen LogP contribution in [0.25, 0.3) is 16.6 Å². The average Bonchev–Trinajstić information content (AvgIpc) is 3.61. The van der Waals surface area contributed by atoms with Crippen LogP contribution in [0, 0.1) is 23.1 Å². The molecule has 3 N–H and O–H groups in total. The zero-order valence-corrected chi connectivity index (χ0v) is 19.5. The van der Waals surface area contributed by atoms with Gasteiger partial charge in [0.2, 0.25) is 5.91 Å². The van der Waals surface area contributed by atoms with Gasteiger partial charge in [-0.2, -0.15) is 5.26 Å². The molecule has 4 rings (SSSR count). The second-order valence-corrected chi connectivity index (χ2v) is 9.45. The van der Waals surface area contributed by atoms with Crippen molar-refractivity contribution in [3.05, 3.63) is 69.5 Å². The third-order valence-corrected chi connectivity index (χ3v) is 5.52. The number of halogens is 1. The summed E-state index contributed by atoms with van der Waals surface area (Å²) in [4.78, 5) is 42.8. The lowest BCUT2D eigenvalue weighted by Crippen LogP contribution is -2.39. The van der Waals surface area contributed by atoms with Crippen LogP contribution in [0.1, 0.15) is 61.4 Å². The van der Waals surface area contributed by atoms with Gasteiger partial charge in [0, 0.05) is 5.56 Å². The molecular weight excluding hydrogens is 453 g/mol. The number of alkyl carbamates (subject to hydrolysis) is 1. The van der Waals surface area contributed by atoms with Crippen molar-refractivity contribution in [3.8, 4) is 11.8 Å². The molecule has 1 atom stereocenters. The normalized spacial score (nSPS) is 14.3. The molecule has 1 fully saturated rings. The van der Waals surface area contributed by atoms with Crippen molar-refractivity contribution in [1.29, 1.82) is 5.26 Å². The lowest BCUT2D eigenvalue weighted by atomic mass is 10.1. The van der Waals surface area contributed by atoms with Crippen molar-refractivity contribution < 1.29 is 18.7 Å². The standard InChI is InChI=1S/C25H24FN5O4/c1-25(2,3)35-24(34)30-20(13-7-8-13)22-29-19-15(12-27)9-16(26)11-18(19)23(33)31(22)17-6-4-5-14(10-17)21(28)32/h4-6,9-11,13,20H,7-8H2,1-3H3,(H2,28,32)(H,30,34)/t20-/m0/s1. The van der Waals surface area contributed by atoms with Crippen LogP contribution in [0.2, 0.25) is 0 Å². The van der Waals surface area contributed by atoms with Gasteiger partial charge in [-0.05, 0) is 69.9 Å². The van der Waals surface area contributed by atoms with Crippen LogP contribution < -0.4 is 16.6 Å². The van der Waals surface area contributed by atoms with E-state index in [1.807, 2.05) is 6.07 Å². The summed E-state index contributed by atoms with van der Waals surface area (Å²) < 4.78 is 20.9. The highest BCUT2D eigenvalue weighted by atomic mass is 19.1. The maximum atomic E-state index is 14.2. The molecule has 2 aromatic carbocycles. The van der Waals surface area contributed by atoms with E-state index in [0.29, 0.717) is 0 Å². The van der Waals surface area contributed by atoms with E-state index in [0.717, 1.165) is 25.0 Å². The van der Waals surface area contributed by atoms with Crippen LogP contribution in [0.4, 0.5) is 9.18 Å². The highest BCUT2D eigenvalue weighted by molar-refractivity contribution is 5.93. The van der Waals surface area contributed by atoms with Crippen LogP contribution >= 0.6 is 0 Å². The minimum Gasteiger partial charge on any atom is -0.444 e. The van der Waals surface area contributed by atoms with E-state index >= 15 is 0 Å². The van der Waals surface area contributed by atoms with E-state index in [2.05, 4.69) is 10.3 Å². The molecule has 3 aromatic rings. The molecule has 0 aliphatic heterocycles. The van der Waals surface area contributed by atoms with E-state index in [9.17, 15) is 24.0 Å². The molecule has 0 bridgehead atoms. The van der Waals surface area contributed by atoms with Crippen LogP contribution in [0.3, 0.4) is 0 Å². The van der Waals surface area contributed by atoms with Crippen LogP contribution in [0.15, 0.2) is 41.2 Å². The van der Waals surface area contributed by atoms with Crippen molar-refractivity contribution in [2.75, 3.05) is 0 Å². The summed E-state index contributed by atoms with van der Waals surface area (Å²) in [5, 5.41) is 12.3. The van der Waals surface area contributed by atoms with E-state index in [1.54, 1.807) is 32.9 Å². The number of fused-ring (bicyclic) bond motifs is 1. The summed E-state index contributed by atoms with van der Waals surface area (Å²) >= 11 is 0. The number of nitrogens with one attached hydrogen (secondary N) is 1. The van der Waals surface area contributed by atoms with Crippen LogP contribution in [-0.4, -0.2) is 27.2 Å². The van der Waals surface area contributed by atoms with Gasteiger partial charge in [0.1, 0.15) is 23.3 Å². The van der Waals surface area contributed by atoms with Crippen molar-refractivity contribution in [3.63, 3.8) is 0 Å². The molecule has 2 amide bonds. The summed E-state index contributed by atoms with van der Waals surface area (Å²) in [7, 11) is 0. The Hall–Kier alpha value is -4.26. The highest BCUT2D eigenvalue weighted by Gasteiger charge is 2.38. The topological polar surface area (TPSA) is 140 Å². The second kappa shape index (κ2) is 8.83. The molecule has 0 spiro atoms. The molecule has 0 unspecified atom stereocenters. The number of hydrogen-bond acceptors (Lipinski definition) is 6. The van der Waals surface area contributed by atoms with Crippen molar-refractivity contribution in [2.45, 2.75) is 45.3 Å². The average molecular weight is 477 g/mol. The maximum absolute atomic E-state index is 14.2. The Balaban J connectivity index is 1.99. The number of nitriles is 1. The molecule has 35 heavy (non-hydrogen) atoms. The second-order valence-electron chi connectivity index (χ2n) is 9.45. The maximum Gasteiger partial charge on any atom is 0.408 e. The fraction of sp³-hybridized carbons (Fsp3) is 0.320. The number of benzene rings is 2. The third kappa shape index (κ3) is 4.99. The number of ether oxygens (including phenoxy) is 1. The van der Waals surface area contributed by atoms with Gasteiger partial charge in [-0.1, -0.05) is 6.07 Å². The Morgan fingerprint density at radius 1 is 1.29 bits per heavy atom. The first-order chi connectivity index (χ1) is 16.5. The van der Waals surface area contributed by atoms with Gasteiger partial charge in [-0.25, -0.2) is 14.2 Å². The van der Waals surface area contributed by atoms with Gasteiger partial charge in [0.25, 0.3) is 5.56 Å². The SMILES string of the molecule is CC(C)(C)OC(=O)N[C@H](c1nc2c(C#N)cc(F)cc2c(=O)n1-c1cccc(C(N)=O)c1)C1CC1. The first-order valence-electron chi connectivity index (χ1n) is 11.0. The molecule has 9 nitrogen and oxygen atoms in total. The van der Waals surface area contributed by atoms with Gasteiger partial charge in [0.05, 0.1) is 28.2 Å².